The molecule has 0 spiro atoms. The highest BCUT2D eigenvalue weighted by Gasteiger charge is 2.30. The Balaban J connectivity index is 1.64. The third kappa shape index (κ3) is 4.34. The summed E-state index contributed by atoms with van der Waals surface area (Å²) in [6.45, 7) is 4.27. The molecular formula is C22H30N6O. The second-order valence-electron chi connectivity index (χ2n) is 8.30. The zero-order chi connectivity index (χ0) is 20.4. The average Bonchev–Trinajstić information content (AvgIpc) is 2.73. The van der Waals surface area contributed by atoms with E-state index in [1.807, 2.05) is 19.0 Å². The molecule has 2 aliphatic heterocycles. The number of hydrogen-bond donors (Lipinski definition) is 1. The lowest BCUT2D eigenvalue weighted by Crippen LogP contribution is -2.43. The molecule has 2 aliphatic rings. The van der Waals surface area contributed by atoms with Crippen molar-refractivity contribution in [3.63, 3.8) is 0 Å². The number of fused-ring (bicyclic) bond motifs is 1. The lowest BCUT2D eigenvalue weighted by atomic mass is 9.96. The number of anilines is 2. The molecule has 2 aromatic rings. The fourth-order valence-electron chi connectivity index (χ4n) is 4.28. The molecule has 0 radical (unpaired) electrons. The average molecular weight is 395 g/mol. The molecule has 0 bridgehead atoms. The molecule has 1 aromatic heterocycles. The number of nitrogens with two attached hydrogens (primary N) is 1. The zero-order valence-electron chi connectivity index (χ0n) is 17.3. The highest BCUT2D eigenvalue weighted by molar-refractivity contribution is 5.77. The Morgan fingerprint density at radius 2 is 2.00 bits per heavy atom. The number of nitrogens with zero attached hydrogens (tertiary/aromatic N) is 5. The Labute approximate surface area is 172 Å². The van der Waals surface area contributed by atoms with E-state index in [0.29, 0.717) is 6.54 Å². The Kier molecular flexibility index (Phi) is 5.67. The largest absolute Gasteiger partial charge is 0.369 e. The highest BCUT2D eigenvalue weighted by atomic mass is 16.1. The molecule has 7 nitrogen and oxygen atoms in total. The lowest BCUT2D eigenvalue weighted by molar-refractivity contribution is -0.122. The number of benzene rings is 1. The highest BCUT2D eigenvalue weighted by Crippen LogP contribution is 2.31. The molecule has 0 saturated carbocycles. The van der Waals surface area contributed by atoms with Gasteiger partial charge in [-0.05, 0) is 18.4 Å². The van der Waals surface area contributed by atoms with E-state index in [1.54, 1.807) is 0 Å². The smallest absolute Gasteiger partial charge is 0.227 e. The predicted octanol–water partition coefficient (Wildman–Crippen LogP) is 1.80. The van der Waals surface area contributed by atoms with E-state index in [-0.39, 0.29) is 11.8 Å². The van der Waals surface area contributed by atoms with Crippen LogP contribution in [0.15, 0.2) is 30.3 Å². The number of rotatable bonds is 5. The van der Waals surface area contributed by atoms with Crippen LogP contribution >= 0.6 is 0 Å². The molecule has 0 aliphatic carbocycles. The number of carbonyl (C=O) groups excluding carboxylic acids is 1. The van der Waals surface area contributed by atoms with Gasteiger partial charge in [-0.15, -0.1) is 0 Å². The van der Waals surface area contributed by atoms with Gasteiger partial charge in [0.15, 0.2) is 0 Å². The molecule has 1 atom stereocenters. The van der Waals surface area contributed by atoms with Crippen LogP contribution in [0.25, 0.3) is 0 Å². The van der Waals surface area contributed by atoms with E-state index < -0.39 is 0 Å². The van der Waals surface area contributed by atoms with Crippen LogP contribution in [0.1, 0.15) is 29.7 Å². The monoisotopic (exact) mass is 394 g/mol. The number of primary amides is 1. The number of carbonyl (C=O) groups is 1. The van der Waals surface area contributed by atoms with Gasteiger partial charge in [-0.3, -0.25) is 9.69 Å². The van der Waals surface area contributed by atoms with Crippen LogP contribution in [0.4, 0.5) is 11.8 Å². The molecule has 1 aromatic carbocycles. The van der Waals surface area contributed by atoms with Crippen LogP contribution < -0.4 is 15.5 Å². The van der Waals surface area contributed by atoms with E-state index in [2.05, 4.69) is 40.1 Å². The summed E-state index contributed by atoms with van der Waals surface area (Å²) in [5.74, 6) is 1.39. The van der Waals surface area contributed by atoms with Gasteiger partial charge in [0, 0.05) is 58.8 Å². The molecular weight excluding hydrogens is 364 g/mol. The molecule has 1 amide bonds. The van der Waals surface area contributed by atoms with Crippen LogP contribution in [0, 0.1) is 5.92 Å². The second-order valence-corrected chi connectivity index (χ2v) is 8.30. The van der Waals surface area contributed by atoms with E-state index >= 15 is 0 Å². The fraction of sp³-hybridized carbons (Fsp3) is 0.500. The molecule has 154 valence electrons. The minimum absolute atomic E-state index is 0.110. The first-order valence-corrected chi connectivity index (χ1v) is 10.4. The van der Waals surface area contributed by atoms with E-state index in [0.717, 1.165) is 62.9 Å². The summed E-state index contributed by atoms with van der Waals surface area (Å²) in [5, 5.41) is 0. The molecule has 7 heteroatoms. The van der Waals surface area contributed by atoms with Gasteiger partial charge in [-0.2, -0.15) is 4.98 Å². The summed E-state index contributed by atoms with van der Waals surface area (Å²) in [4.78, 5) is 28.2. The van der Waals surface area contributed by atoms with Crippen molar-refractivity contribution < 1.29 is 4.79 Å². The van der Waals surface area contributed by atoms with Gasteiger partial charge in [-0.25, -0.2) is 4.98 Å². The lowest BCUT2D eigenvalue weighted by Gasteiger charge is -2.36. The quantitative estimate of drug-likeness (QED) is 0.833. The maximum Gasteiger partial charge on any atom is 0.227 e. The molecule has 2 N–H and O–H groups in total. The van der Waals surface area contributed by atoms with Gasteiger partial charge in [0.1, 0.15) is 5.82 Å². The Morgan fingerprint density at radius 1 is 1.21 bits per heavy atom. The number of hydrogen-bond acceptors (Lipinski definition) is 6. The van der Waals surface area contributed by atoms with E-state index in [1.165, 1.54) is 11.1 Å². The minimum Gasteiger partial charge on any atom is -0.369 e. The normalized spacial score (nSPS) is 19.7. The number of amides is 1. The van der Waals surface area contributed by atoms with Crippen molar-refractivity contribution in [2.45, 2.75) is 32.4 Å². The van der Waals surface area contributed by atoms with Crippen molar-refractivity contribution in [3.05, 3.63) is 47.2 Å². The molecule has 1 unspecified atom stereocenters. The van der Waals surface area contributed by atoms with Gasteiger partial charge in [-0.1, -0.05) is 30.3 Å². The topological polar surface area (TPSA) is 78.6 Å². The Morgan fingerprint density at radius 3 is 2.72 bits per heavy atom. The van der Waals surface area contributed by atoms with Crippen molar-refractivity contribution in [2.24, 2.45) is 11.7 Å². The fourth-order valence-corrected chi connectivity index (χ4v) is 4.28. The maximum atomic E-state index is 11.8. The predicted molar refractivity (Wildman–Crippen MR) is 115 cm³/mol. The summed E-state index contributed by atoms with van der Waals surface area (Å²) >= 11 is 0. The minimum atomic E-state index is -0.212. The van der Waals surface area contributed by atoms with Gasteiger partial charge >= 0.3 is 0 Å². The SMILES string of the molecule is CN(C)c1nc2c(c(N3CCCC(C(N)=O)C3)n1)CN(Cc1ccccc1)CC2. The molecule has 3 heterocycles. The summed E-state index contributed by atoms with van der Waals surface area (Å²) in [7, 11) is 3.94. The Hall–Kier alpha value is -2.67. The zero-order valence-corrected chi connectivity index (χ0v) is 17.3. The second kappa shape index (κ2) is 8.37. The van der Waals surface area contributed by atoms with Crippen molar-refractivity contribution in [3.8, 4) is 0 Å². The molecule has 1 saturated heterocycles. The van der Waals surface area contributed by atoms with Crippen LogP contribution in [-0.2, 0) is 24.3 Å². The van der Waals surface area contributed by atoms with Crippen molar-refractivity contribution in [1.29, 1.82) is 0 Å². The van der Waals surface area contributed by atoms with Crippen LogP contribution in [0.2, 0.25) is 0 Å². The molecule has 1 fully saturated rings. The van der Waals surface area contributed by atoms with Gasteiger partial charge in [0.2, 0.25) is 11.9 Å². The van der Waals surface area contributed by atoms with Crippen molar-refractivity contribution in [2.75, 3.05) is 43.5 Å². The number of piperidine rings is 1. The van der Waals surface area contributed by atoms with Gasteiger partial charge < -0.3 is 15.5 Å². The van der Waals surface area contributed by atoms with Crippen molar-refractivity contribution >= 4 is 17.7 Å². The molecule has 29 heavy (non-hydrogen) atoms. The van der Waals surface area contributed by atoms with Crippen LogP contribution in [-0.4, -0.2) is 54.5 Å². The summed E-state index contributed by atoms with van der Waals surface area (Å²) in [6.07, 6.45) is 2.73. The first-order chi connectivity index (χ1) is 14.0. The summed E-state index contributed by atoms with van der Waals surface area (Å²) < 4.78 is 0. The first kappa shape index (κ1) is 19.6. The van der Waals surface area contributed by atoms with E-state index in [9.17, 15) is 4.79 Å². The number of aromatic nitrogens is 2. The maximum absolute atomic E-state index is 11.8. The Bertz CT molecular complexity index is 869. The molecule has 4 rings (SSSR count). The van der Waals surface area contributed by atoms with Crippen LogP contribution in [0.5, 0.6) is 0 Å². The van der Waals surface area contributed by atoms with E-state index in [4.69, 9.17) is 15.7 Å². The van der Waals surface area contributed by atoms with Crippen molar-refractivity contribution in [1.82, 2.24) is 14.9 Å². The standard InChI is InChI=1S/C22H30N6O/c1-26(2)22-24-19-10-12-27(13-16-7-4-3-5-8-16)15-18(19)21(25-22)28-11-6-9-17(14-28)20(23)29/h3-5,7-8,17H,6,9-15H2,1-2H3,(H2,23,29). The van der Waals surface area contributed by atoms with Gasteiger partial charge in [0.05, 0.1) is 11.6 Å². The van der Waals surface area contributed by atoms with Gasteiger partial charge in [0.25, 0.3) is 0 Å². The first-order valence-electron chi connectivity index (χ1n) is 10.4. The third-order valence-corrected chi connectivity index (χ3v) is 5.88. The summed E-state index contributed by atoms with van der Waals surface area (Å²) in [5.41, 5.74) is 9.26. The summed E-state index contributed by atoms with van der Waals surface area (Å²) in [6, 6.07) is 10.6. The third-order valence-electron chi connectivity index (χ3n) is 5.88. The van der Waals surface area contributed by atoms with Crippen LogP contribution in [0.3, 0.4) is 0 Å².